The Morgan fingerprint density at radius 1 is 1.26 bits per heavy atom. The van der Waals surface area contributed by atoms with E-state index in [4.69, 9.17) is 9.72 Å². The van der Waals surface area contributed by atoms with Crippen molar-refractivity contribution in [2.45, 2.75) is 46.0 Å². The molecule has 0 saturated heterocycles. The molecule has 0 N–H and O–H groups in total. The smallest absolute Gasteiger partial charge is 0.218 e. The van der Waals surface area contributed by atoms with Gasteiger partial charge in [-0.3, -0.25) is 4.90 Å². The molecule has 0 unspecified atom stereocenters. The number of hydrogen-bond acceptors (Lipinski definition) is 3. The number of ether oxygens (including phenoxy) is 1. The Balaban J connectivity index is 1.91. The van der Waals surface area contributed by atoms with Crippen LogP contribution in [0, 0.1) is 29.3 Å². The molecule has 2 heterocycles. The molecular formula is C23H23IN2O. The molecule has 1 aromatic carbocycles. The van der Waals surface area contributed by atoms with Crippen LogP contribution in [0.2, 0.25) is 0 Å². The molecule has 4 heteroatoms. The lowest BCUT2D eigenvalue weighted by atomic mass is 10.0. The van der Waals surface area contributed by atoms with Gasteiger partial charge in [0.15, 0.2) is 0 Å². The van der Waals surface area contributed by atoms with E-state index in [2.05, 4.69) is 78.0 Å². The summed E-state index contributed by atoms with van der Waals surface area (Å²) in [7, 11) is 0. The van der Waals surface area contributed by atoms with Gasteiger partial charge in [0.2, 0.25) is 5.88 Å². The highest BCUT2D eigenvalue weighted by Gasteiger charge is 2.30. The van der Waals surface area contributed by atoms with Gasteiger partial charge in [0.05, 0.1) is 18.0 Å². The van der Waals surface area contributed by atoms with Crippen LogP contribution in [0.5, 0.6) is 5.88 Å². The zero-order valence-corrected chi connectivity index (χ0v) is 18.2. The Labute approximate surface area is 175 Å². The van der Waals surface area contributed by atoms with Crippen LogP contribution in [0.3, 0.4) is 0 Å². The first-order valence-corrected chi connectivity index (χ1v) is 10.4. The quantitative estimate of drug-likeness (QED) is 0.418. The Bertz CT molecular complexity index is 996. The van der Waals surface area contributed by atoms with Crippen molar-refractivity contribution < 1.29 is 4.74 Å². The molecule has 2 aliphatic rings. The van der Waals surface area contributed by atoms with E-state index < -0.39 is 0 Å². The maximum absolute atomic E-state index is 5.77. The number of hydrogen-bond donors (Lipinski definition) is 0. The zero-order valence-electron chi connectivity index (χ0n) is 16.0. The molecule has 0 amide bonds. The Morgan fingerprint density at radius 3 is 2.74 bits per heavy atom. The molecule has 138 valence electrons. The van der Waals surface area contributed by atoms with Crippen LogP contribution in [-0.4, -0.2) is 11.6 Å². The highest BCUT2D eigenvalue weighted by Crippen LogP contribution is 2.47. The number of fused-ring (bicyclic) bond motifs is 1. The predicted molar refractivity (Wildman–Crippen MR) is 119 cm³/mol. The average Bonchev–Trinajstić information content (AvgIpc) is 3.35. The first kappa shape index (κ1) is 18.4. The molecular weight excluding hydrogens is 447 g/mol. The second-order valence-corrected chi connectivity index (χ2v) is 8.43. The van der Waals surface area contributed by atoms with E-state index in [9.17, 15) is 0 Å². The van der Waals surface area contributed by atoms with Crippen molar-refractivity contribution in [3.05, 3.63) is 56.3 Å². The Morgan fingerprint density at radius 2 is 2.04 bits per heavy atom. The van der Waals surface area contributed by atoms with E-state index in [1.807, 2.05) is 6.92 Å². The maximum Gasteiger partial charge on any atom is 0.218 e. The summed E-state index contributed by atoms with van der Waals surface area (Å²) in [4.78, 5) is 6.95. The molecule has 1 saturated carbocycles. The van der Waals surface area contributed by atoms with E-state index in [0.717, 1.165) is 29.5 Å². The van der Waals surface area contributed by atoms with E-state index >= 15 is 0 Å². The van der Waals surface area contributed by atoms with Crippen LogP contribution in [0.25, 0.3) is 0 Å². The molecule has 0 radical (unpaired) electrons. The average molecular weight is 470 g/mol. The van der Waals surface area contributed by atoms with Gasteiger partial charge in [-0.05, 0) is 103 Å². The van der Waals surface area contributed by atoms with Crippen molar-refractivity contribution in [2.75, 3.05) is 11.5 Å². The van der Waals surface area contributed by atoms with Gasteiger partial charge < -0.3 is 4.74 Å². The van der Waals surface area contributed by atoms with Crippen molar-refractivity contribution in [3.8, 4) is 17.7 Å². The SMILES string of the molecule is C=C(C#CC)N(c1cc(C)c2c(n1)OCC2)c1cc(C)c(I)cc1C1CC1. The monoisotopic (exact) mass is 470 g/mol. The van der Waals surface area contributed by atoms with Gasteiger partial charge in [0.25, 0.3) is 0 Å². The lowest BCUT2D eigenvalue weighted by Crippen LogP contribution is -2.18. The maximum atomic E-state index is 5.77. The fraction of sp³-hybridized carbons (Fsp3) is 0.348. The molecule has 27 heavy (non-hydrogen) atoms. The van der Waals surface area contributed by atoms with E-state index in [-0.39, 0.29) is 0 Å². The third kappa shape index (κ3) is 3.45. The third-order valence-electron chi connectivity index (χ3n) is 5.22. The number of anilines is 2. The molecule has 1 aromatic heterocycles. The summed E-state index contributed by atoms with van der Waals surface area (Å²) < 4.78 is 7.07. The van der Waals surface area contributed by atoms with E-state index in [0.29, 0.717) is 12.5 Å². The summed E-state index contributed by atoms with van der Waals surface area (Å²) in [5.74, 6) is 8.35. The van der Waals surface area contributed by atoms with Gasteiger partial charge in [0, 0.05) is 15.6 Å². The van der Waals surface area contributed by atoms with E-state index in [1.54, 1.807) is 0 Å². The zero-order chi connectivity index (χ0) is 19.1. The largest absolute Gasteiger partial charge is 0.477 e. The van der Waals surface area contributed by atoms with Gasteiger partial charge in [-0.1, -0.05) is 12.5 Å². The van der Waals surface area contributed by atoms with Crippen LogP contribution < -0.4 is 9.64 Å². The molecule has 0 bridgehead atoms. The molecule has 1 aliphatic heterocycles. The number of benzene rings is 1. The van der Waals surface area contributed by atoms with Gasteiger partial charge in [-0.25, -0.2) is 0 Å². The van der Waals surface area contributed by atoms with Crippen molar-refractivity contribution in [1.29, 1.82) is 0 Å². The summed E-state index contributed by atoms with van der Waals surface area (Å²) in [6, 6.07) is 6.71. The van der Waals surface area contributed by atoms with Crippen LogP contribution in [0.15, 0.2) is 30.5 Å². The van der Waals surface area contributed by atoms with Crippen molar-refractivity contribution in [1.82, 2.24) is 4.98 Å². The minimum Gasteiger partial charge on any atom is -0.477 e. The fourth-order valence-electron chi connectivity index (χ4n) is 3.64. The fourth-order valence-corrected chi connectivity index (χ4v) is 4.14. The number of halogens is 1. The summed E-state index contributed by atoms with van der Waals surface area (Å²) in [5, 5.41) is 0. The highest BCUT2D eigenvalue weighted by atomic mass is 127. The number of rotatable bonds is 4. The first-order valence-electron chi connectivity index (χ1n) is 9.34. The normalized spacial score (nSPS) is 14.8. The van der Waals surface area contributed by atoms with Gasteiger partial charge in [0.1, 0.15) is 5.82 Å². The summed E-state index contributed by atoms with van der Waals surface area (Å²) >= 11 is 2.42. The number of allylic oxidation sites excluding steroid dienone is 1. The minimum atomic E-state index is 0.616. The Kier molecular flexibility index (Phi) is 4.90. The summed E-state index contributed by atoms with van der Waals surface area (Å²) in [6.07, 6.45) is 3.41. The third-order valence-corrected chi connectivity index (χ3v) is 6.38. The van der Waals surface area contributed by atoms with Crippen molar-refractivity contribution in [3.63, 3.8) is 0 Å². The van der Waals surface area contributed by atoms with Crippen LogP contribution in [0.1, 0.15) is 47.9 Å². The highest BCUT2D eigenvalue weighted by molar-refractivity contribution is 14.1. The lowest BCUT2D eigenvalue weighted by Gasteiger charge is -2.27. The second-order valence-electron chi connectivity index (χ2n) is 7.27. The van der Waals surface area contributed by atoms with Gasteiger partial charge in [-0.2, -0.15) is 4.98 Å². The Hall–Kier alpha value is -2.00. The second kappa shape index (κ2) is 7.20. The topological polar surface area (TPSA) is 25.4 Å². The van der Waals surface area contributed by atoms with Crippen molar-refractivity contribution >= 4 is 34.1 Å². The molecule has 2 aromatic rings. The first-order chi connectivity index (χ1) is 13.0. The van der Waals surface area contributed by atoms with E-state index in [1.165, 1.54) is 38.7 Å². The van der Waals surface area contributed by atoms with Crippen LogP contribution in [-0.2, 0) is 6.42 Å². The number of nitrogens with zero attached hydrogens (tertiary/aromatic N) is 2. The lowest BCUT2D eigenvalue weighted by molar-refractivity contribution is 0.345. The molecule has 0 spiro atoms. The molecule has 1 aliphatic carbocycles. The van der Waals surface area contributed by atoms with Crippen LogP contribution >= 0.6 is 22.6 Å². The molecule has 0 atom stereocenters. The summed E-state index contributed by atoms with van der Waals surface area (Å²) in [5.41, 5.74) is 6.94. The minimum absolute atomic E-state index is 0.616. The summed E-state index contributed by atoms with van der Waals surface area (Å²) in [6.45, 7) is 11.1. The molecule has 4 rings (SSSR count). The van der Waals surface area contributed by atoms with Gasteiger partial charge in [-0.15, -0.1) is 0 Å². The number of aromatic nitrogens is 1. The van der Waals surface area contributed by atoms with Crippen molar-refractivity contribution in [2.24, 2.45) is 0 Å². The van der Waals surface area contributed by atoms with Gasteiger partial charge >= 0.3 is 0 Å². The number of pyridine rings is 1. The number of aryl methyl sites for hydroxylation is 2. The predicted octanol–water partition coefficient (Wildman–Crippen LogP) is 5.79. The molecule has 3 nitrogen and oxygen atoms in total. The molecule has 1 fully saturated rings. The standard InChI is InChI=1S/C23H23IN2O/c1-5-6-16(4)26(22-12-14(2)18-9-10-27-23(18)25-22)21-11-15(3)20(24)13-19(21)17-7-8-17/h11-13,17H,4,7-10H2,1-3H3. The van der Waals surface area contributed by atoms with Crippen LogP contribution in [0.4, 0.5) is 11.5 Å².